The molecule has 0 aromatic carbocycles. The Morgan fingerprint density at radius 2 is 1.27 bits per heavy atom. The Morgan fingerprint density at radius 3 is 1.58 bits per heavy atom. The average Bonchev–Trinajstić information content (AvgIpc) is 3.22. The molecule has 3 aromatic rings. The quantitative estimate of drug-likeness (QED) is 0.599. The van der Waals surface area contributed by atoms with Crippen LogP contribution in [0.5, 0.6) is 0 Å². The van der Waals surface area contributed by atoms with Crippen LogP contribution in [0.3, 0.4) is 0 Å². The Morgan fingerprint density at radius 1 is 0.885 bits per heavy atom. The summed E-state index contributed by atoms with van der Waals surface area (Å²) < 4.78 is 10.9. The third-order valence-electron chi connectivity index (χ3n) is 3.74. The summed E-state index contributed by atoms with van der Waals surface area (Å²) in [5.74, 6) is 0.768. The van der Waals surface area contributed by atoms with Gasteiger partial charge in [-0.05, 0) is 11.8 Å². The molecule has 0 aliphatic carbocycles. The van der Waals surface area contributed by atoms with Crippen LogP contribution in [0.4, 0.5) is 0 Å². The molecular formula is C17H17Cl2CoN3O3. The zero-order chi connectivity index (χ0) is 18.3. The predicted molar refractivity (Wildman–Crippen MR) is 96.3 cm³/mol. The number of hydrogen-bond donors (Lipinski definition) is 1. The molecule has 0 unspecified atom stereocenters. The van der Waals surface area contributed by atoms with Crippen molar-refractivity contribution in [3.8, 4) is 23.2 Å². The standard InChI is InChI=1S/C17H17Cl2N3O3.Co/c1-7(2)9-5-24-16(20-9)13-11(18)15(23)12(19)14(22-13)17-21-10(6-25-17)8(3)4;/h5-8H,1-4H3,(H,22,23);. The van der Waals surface area contributed by atoms with Crippen LogP contribution in [0.1, 0.15) is 50.9 Å². The van der Waals surface area contributed by atoms with Crippen molar-refractivity contribution in [2.75, 3.05) is 0 Å². The van der Waals surface area contributed by atoms with Crippen LogP contribution in [0, 0.1) is 0 Å². The molecule has 0 atom stereocenters. The fourth-order valence-corrected chi connectivity index (χ4v) is 2.68. The van der Waals surface area contributed by atoms with Crippen molar-refractivity contribution in [1.82, 2.24) is 15.0 Å². The van der Waals surface area contributed by atoms with Gasteiger partial charge in [0.1, 0.15) is 34.0 Å². The van der Waals surface area contributed by atoms with Gasteiger partial charge in [-0.15, -0.1) is 0 Å². The van der Waals surface area contributed by atoms with E-state index in [1.807, 2.05) is 27.7 Å². The number of H-pyrrole nitrogens is 1. The van der Waals surface area contributed by atoms with Crippen LogP contribution >= 0.6 is 23.2 Å². The molecule has 1 radical (unpaired) electrons. The summed E-state index contributed by atoms with van der Waals surface area (Å²) in [6.07, 6.45) is 3.07. The van der Waals surface area contributed by atoms with Gasteiger partial charge in [-0.2, -0.15) is 0 Å². The van der Waals surface area contributed by atoms with Gasteiger partial charge in [0.2, 0.25) is 17.2 Å². The van der Waals surface area contributed by atoms with E-state index in [2.05, 4.69) is 15.0 Å². The van der Waals surface area contributed by atoms with Crippen molar-refractivity contribution in [2.24, 2.45) is 0 Å². The summed E-state index contributed by atoms with van der Waals surface area (Å²) >= 11 is 12.3. The summed E-state index contributed by atoms with van der Waals surface area (Å²) in [5.41, 5.74) is 1.44. The molecule has 0 aliphatic heterocycles. The monoisotopic (exact) mass is 440 g/mol. The smallest absolute Gasteiger partial charge is 0.244 e. The number of rotatable bonds is 4. The van der Waals surface area contributed by atoms with Gasteiger partial charge >= 0.3 is 0 Å². The molecule has 0 bridgehead atoms. The minimum atomic E-state index is -0.541. The summed E-state index contributed by atoms with van der Waals surface area (Å²) in [5, 5.41) is -0.192. The number of hydrogen-bond acceptors (Lipinski definition) is 5. The van der Waals surface area contributed by atoms with Gasteiger partial charge in [-0.3, -0.25) is 4.79 Å². The Kier molecular flexibility index (Phi) is 6.39. The van der Waals surface area contributed by atoms with Crippen molar-refractivity contribution in [3.63, 3.8) is 0 Å². The van der Waals surface area contributed by atoms with E-state index in [0.29, 0.717) is 0 Å². The SMILES string of the molecule is CC(C)c1coc(-c2[nH]c(-c3nc(C(C)C)co3)c(Cl)c(=O)c2Cl)n1.[Co]. The van der Waals surface area contributed by atoms with Crippen LogP contribution < -0.4 is 5.43 Å². The van der Waals surface area contributed by atoms with E-state index >= 15 is 0 Å². The second-order valence-corrected chi connectivity index (χ2v) is 7.05. The van der Waals surface area contributed by atoms with E-state index in [4.69, 9.17) is 32.0 Å². The Hall–Kier alpha value is -1.54. The van der Waals surface area contributed by atoms with Crippen LogP contribution in [-0.4, -0.2) is 15.0 Å². The third-order valence-corrected chi connectivity index (χ3v) is 4.46. The van der Waals surface area contributed by atoms with Gasteiger partial charge in [0.25, 0.3) is 0 Å². The average molecular weight is 441 g/mol. The van der Waals surface area contributed by atoms with Gasteiger partial charge in [0, 0.05) is 16.8 Å². The second kappa shape index (κ2) is 8.00. The number of aromatic amines is 1. The Bertz CT molecular complexity index is 903. The van der Waals surface area contributed by atoms with Gasteiger partial charge in [0.15, 0.2) is 0 Å². The molecule has 0 saturated heterocycles. The number of pyridine rings is 1. The van der Waals surface area contributed by atoms with Gasteiger partial charge in [-0.1, -0.05) is 50.9 Å². The molecule has 9 heteroatoms. The topological polar surface area (TPSA) is 84.9 Å². The van der Waals surface area contributed by atoms with E-state index in [1.54, 1.807) is 0 Å². The van der Waals surface area contributed by atoms with Gasteiger partial charge in [0.05, 0.1) is 11.4 Å². The third kappa shape index (κ3) is 3.76. The fraction of sp³-hybridized carbons (Fsp3) is 0.353. The maximum atomic E-state index is 12.4. The number of nitrogens with zero attached hydrogens (tertiary/aromatic N) is 2. The molecule has 141 valence electrons. The van der Waals surface area contributed by atoms with Crippen molar-refractivity contribution >= 4 is 23.2 Å². The van der Waals surface area contributed by atoms with Crippen molar-refractivity contribution in [3.05, 3.63) is 44.2 Å². The molecule has 0 saturated carbocycles. The van der Waals surface area contributed by atoms with E-state index in [0.717, 1.165) is 11.4 Å². The van der Waals surface area contributed by atoms with Crippen LogP contribution in [-0.2, 0) is 16.8 Å². The summed E-state index contributed by atoms with van der Waals surface area (Å²) in [6.45, 7) is 7.94. The zero-order valence-corrected chi connectivity index (χ0v) is 17.1. The minimum absolute atomic E-state index is 0. The molecule has 3 heterocycles. The number of halogens is 2. The molecule has 0 aliphatic rings. The van der Waals surface area contributed by atoms with E-state index in [-0.39, 0.29) is 61.8 Å². The second-order valence-electron chi connectivity index (χ2n) is 6.30. The van der Waals surface area contributed by atoms with E-state index in [1.165, 1.54) is 12.5 Å². The summed E-state index contributed by atoms with van der Waals surface area (Å²) in [6, 6.07) is 0. The first-order valence-corrected chi connectivity index (χ1v) is 8.58. The Labute approximate surface area is 170 Å². The van der Waals surface area contributed by atoms with Crippen LogP contribution in [0.2, 0.25) is 10.0 Å². The molecule has 3 aromatic heterocycles. The maximum Gasteiger partial charge on any atom is 0.244 e. The molecule has 3 rings (SSSR count). The first-order chi connectivity index (χ1) is 11.8. The minimum Gasteiger partial charge on any atom is -0.443 e. The largest absolute Gasteiger partial charge is 0.443 e. The molecule has 6 nitrogen and oxygen atoms in total. The van der Waals surface area contributed by atoms with E-state index < -0.39 is 5.43 Å². The normalized spacial score (nSPS) is 11.2. The zero-order valence-electron chi connectivity index (χ0n) is 14.5. The van der Waals surface area contributed by atoms with Crippen LogP contribution in [0.15, 0.2) is 26.2 Å². The van der Waals surface area contributed by atoms with Gasteiger partial charge < -0.3 is 13.8 Å². The molecule has 0 fully saturated rings. The van der Waals surface area contributed by atoms with E-state index in [9.17, 15) is 4.79 Å². The fourth-order valence-electron chi connectivity index (χ4n) is 2.19. The molecule has 0 spiro atoms. The Balaban J connectivity index is 0.00000243. The summed E-state index contributed by atoms with van der Waals surface area (Å²) in [4.78, 5) is 24.1. The van der Waals surface area contributed by atoms with Crippen LogP contribution in [0.25, 0.3) is 23.2 Å². The number of oxazole rings is 2. The molecule has 0 amide bonds. The predicted octanol–water partition coefficient (Wildman–Crippen LogP) is 5.24. The molecule has 1 N–H and O–H groups in total. The first-order valence-electron chi connectivity index (χ1n) is 7.82. The number of nitrogens with one attached hydrogen (secondary N) is 1. The molecular weight excluding hydrogens is 424 g/mol. The van der Waals surface area contributed by atoms with Crippen molar-refractivity contribution in [2.45, 2.75) is 39.5 Å². The van der Waals surface area contributed by atoms with Crippen molar-refractivity contribution in [1.29, 1.82) is 0 Å². The molecule has 26 heavy (non-hydrogen) atoms. The number of aromatic nitrogens is 3. The van der Waals surface area contributed by atoms with Crippen molar-refractivity contribution < 1.29 is 25.6 Å². The first kappa shape index (κ1) is 20.8. The van der Waals surface area contributed by atoms with Gasteiger partial charge in [-0.25, -0.2) is 9.97 Å². The maximum absolute atomic E-state index is 12.4. The summed E-state index contributed by atoms with van der Waals surface area (Å²) in [7, 11) is 0.